The van der Waals surface area contributed by atoms with Crippen LogP contribution in [0.3, 0.4) is 0 Å². The van der Waals surface area contributed by atoms with Gasteiger partial charge < -0.3 is 58.2 Å². The zero-order valence-electron chi connectivity index (χ0n) is 47.1. The summed E-state index contributed by atoms with van der Waals surface area (Å²) in [4.78, 5) is 10.5. The molecule has 17 nitrogen and oxygen atoms in total. The average molecular weight is 1140 g/mol. The topological polar surface area (TPSA) is 182 Å². The second kappa shape index (κ2) is 26.7. The number of fused-ring (bicyclic) bond motifs is 8. The molecule has 0 aromatic carbocycles. The fraction of sp³-hybridized carbons (Fsp3) is 0.733. The Labute approximate surface area is 474 Å². The summed E-state index contributed by atoms with van der Waals surface area (Å²) in [5.74, 6) is 7.37. The van der Waals surface area contributed by atoms with Crippen molar-refractivity contribution in [2.45, 2.75) is 157 Å². The lowest BCUT2D eigenvalue weighted by Crippen LogP contribution is -2.52. The van der Waals surface area contributed by atoms with Crippen LogP contribution < -0.4 is 10.6 Å². The Hall–Kier alpha value is -3.66. The van der Waals surface area contributed by atoms with Crippen LogP contribution >= 0.6 is 11.8 Å². The first kappa shape index (κ1) is 58.5. The monoisotopic (exact) mass is 1140 g/mol. The zero-order chi connectivity index (χ0) is 55.2. The highest BCUT2D eigenvalue weighted by Crippen LogP contribution is 2.50. The van der Waals surface area contributed by atoms with Crippen molar-refractivity contribution in [2.24, 2.45) is 35.5 Å². The Bertz CT molecular complexity index is 2450. The minimum atomic E-state index is -4.45. The number of rotatable bonds is 25. The summed E-state index contributed by atoms with van der Waals surface area (Å²) in [5.41, 5.74) is 5.26. The van der Waals surface area contributed by atoms with Gasteiger partial charge in [0.1, 0.15) is 35.4 Å². The number of hydrogen-bond acceptors (Lipinski definition) is 17. The molecule has 13 atom stereocenters. The lowest BCUT2D eigenvalue weighted by Gasteiger charge is -2.40. The summed E-state index contributed by atoms with van der Waals surface area (Å²) in [6.45, 7) is 22.1. The first-order valence-corrected chi connectivity index (χ1v) is 32.3. The number of aliphatic hydroxyl groups is 1. The highest BCUT2D eigenvalue weighted by molar-refractivity contribution is 7.99. The molecule has 0 aromatic heterocycles. The quantitative estimate of drug-likeness (QED) is 0.0295. The van der Waals surface area contributed by atoms with Crippen LogP contribution in [0.15, 0.2) is 95.6 Å². The first-order chi connectivity index (χ1) is 38.3. The first-order valence-electron chi connectivity index (χ1n) is 29.7. The van der Waals surface area contributed by atoms with E-state index in [-0.39, 0.29) is 35.8 Å². The van der Waals surface area contributed by atoms with Gasteiger partial charge in [-0.05, 0) is 93.3 Å². The van der Waals surface area contributed by atoms with Crippen molar-refractivity contribution in [3.8, 4) is 0 Å². The Balaban J connectivity index is 0.736. The Morgan fingerprint density at radius 1 is 0.797 bits per heavy atom. The summed E-state index contributed by atoms with van der Waals surface area (Å²) in [7, 11) is -0.975. The molecule has 19 heteroatoms. The lowest BCUT2D eigenvalue weighted by molar-refractivity contribution is -0.171. The Morgan fingerprint density at radius 3 is 2.27 bits per heavy atom. The molecular formula is C60H91N5O12S2. The average Bonchev–Trinajstić information content (AvgIpc) is 4.13. The van der Waals surface area contributed by atoms with Crippen molar-refractivity contribution in [3.63, 3.8) is 0 Å². The van der Waals surface area contributed by atoms with E-state index in [1.54, 1.807) is 14.2 Å². The molecule has 0 aromatic rings. The summed E-state index contributed by atoms with van der Waals surface area (Å²) < 4.78 is 80.4. The van der Waals surface area contributed by atoms with Crippen molar-refractivity contribution in [2.75, 3.05) is 85.1 Å². The van der Waals surface area contributed by atoms with Gasteiger partial charge in [0.25, 0.3) is 10.1 Å². The third-order valence-corrected chi connectivity index (χ3v) is 21.0. The maximum atomic E-state index is 13.2. The van der Waals surface area contributed by atoms with Crippen LogP contribution in [0.4, 0.5) is 0 Å². The van der Waals surface area contributed by atoms with Gasteiger partial charge in [-0.2, -0.15) is 25.2 Å². The molecule has 1 saturated carbocycles. The third-order valence-electron chi connectivity index (χ3n) is 18.8. The number of hydrogen-bond donors (Lipinski definition) is 4. The van der Waals surface area contributed by atoms with E-state index in [9.17, 15) is 18.1 Å². The fourth-order valence-corrected chi connectivity index (χ4v) is 16.9. The molecule has 10 rings (SSSR count). The van der Waals surface area contributed by atoms with Gasteiger partial charge in [0.05, 0.1) is 66.5 Å². The van der Waals surface area contributed by atoms with Gasteiger partial charge in [-0.1, -0.05) is 51.3 Å². The molecule has 440 valence electrons. The highest BCUT2D eigenvalue weighted by atomic mass is 32.2. The van der Waals surface area contributed by atoms with Gasteiger partial charge in [-0.25, -0.2) is 0 Å². The molecule has 10 aliphatic rings. The summed E-state index contributed by atoms with van der Waals surface area (Å²) >= 11 is 1.89. The van der Waals surface area contributed by atoms with Crippen LogP contribution in [0, 0.1) is 35.5 Å². The maximum Gasteiger partial charge on any atom is 0.283 e. The van der Waals surface area contributed by atoms with Gasteiger partial charge in [0.2, 0.25) is 0 Å². The highest BCUT2D eigenvalue weighted by Gasteiger charge is 2.53. The van der Waals surface area contributed by atoms with Crippen LogP contribution in [0.25, 0.3) is 0 Å². The van der Waals surface area contributed by atoms with Crippen molar-refractivity contribution in [1.29, 1.82) is 0 Å². The lowest BCUT2D eigenvalue weighted by atomic mass is 9.81. The molecule has 5 heterocycles. The Kier molecular flexibility index (Phi) is 19.8. The van der Waals surface area contributed by atoms with Gasteiger partial charge in [-0.15, -0.1) is 0 Å². The minimum Gasteiger partial charge on any atom is -0.498 e. The molecule has 0 bridgehead atoms. The van der Waals surface area contributed by atoms with Crippen molar-refractivity contribution >= 4 is 21.9 Å². The number of nitrogens with zero attached hydrogens (tertiary/aromatic N) is 3. The van der Waals surface area contributed by atoms with E-state index in [1.165, 1.54) is 48.4 Å². The van der Waals surface area contributed by atoms with E-state index in [0.717, 1.165) is 103 Å². The number of methoxy groups -OCH3 is 2. The van der Waals surface area contributed by atoms with Gasteiger partial charge in [0, 0.05) is 116 Å². The number of hydroxylamine groups is 2. The van der Waals surface area contributed by atoms with Crippen molar-refractivity contribution in [1.82, 2.24) is 25.5 Å². The number of ether oxygens (including phenoxy) is 7. The SMILES string of the molecule is C=C(CCOCCOCCOCCSC[C@@H]1C=C(COC2=C(OC)C[C@H]3C(=C)N4C5=CCCC[C@H]5C[C@H]4C(S(=O)(=O)O)NC3C2)C[C@H](COC2=C(OC)C[C@@H]3C(=C)N4C5CCCC[C@@H]5C[C@H]4CN[C@@H]3C2)C1)ON1C(=C)CCC1O. The molecule has 0 radical (unpaired) electrons. The molecule has 4 unspecified atom stereocenters. The van der Waals surface area contributed by atoms with Gasteiger partial charge in [0.15, 0.2) is 11.6 Å². The smallest absolute Gasteiger partial charge is 0.283 e. The number of allylic oxidation sites excluding steroid dienone is 6. The van der Waals surface area contributed by atoms with Gasteiger partial charge >= 0.3 is 0 Å². The third kappa shape index (κ3) is 13.7. The Morgan fingerprint density at radius 2 is 1.52 bits per heavy atom. The molecule has 5 saturated heterocycles. The summed E-state index contributed by atoms with van der Waals surface area (Å²) in [6, 6.07) is 0.622. The minimum absolute atomic E-state index is 0.137. The molecule has 4 N–H and O–H groups in total. The normalized spacial score (nSPS) is 33.6. The molecular weight excluding hydrogens is 1050 g/mol. The maximum absolute atomic E-state index is 13.2. The number of nitrogens with one attached hydrogen (secondary N) is 2. The molecule has 5 aliphatic carbocycles. The number of thioether (sulfide) groups is 1. The standard InChI is InChI=1S/C60H91N5O12S2/c1-38-15-16-59(66)65(38)77-39(2)17-18-72-19-20-73-21-22-74-23-24-78-37-44-26-42(35-75-57-32-50-48(30-55(57)70-5)40(3)63-47(34-61-50)28-45-11-7-9-13-52(45)63)25-43(27-44)36-76-58-33-51-49(31-56(58)71-6)41(4)64-53-14-10-8-12-46(53)29-54(64)60(62-51)79(67,68)69/h14,27,42,44-52,54,59-62,66H,1-4,7-13,15-26,28-37H2,5-6H3,(H,67,68,69)/t42-,44-,45+,46-,47-,48+,49-,50+,51?,52?,54-,59?,60?/m0/s1. The van der Waals surface area contributed by atoms with E-state index < -0.39 is 27.8 Å². The largest absolute Gasteiger partial charge is 0.498 e. The van der Waals surface area contributed by atoms with Crippen LogP contribution in [-0.2, 0) is 48.1 Å². The van der Waals surface area contributed by atoms with Gasteiger partial charge in [-0.3, -0.25) is 9.87 Å². The van der Waals surface area contributed by atoms with E-state index in [0.29, 0.717) is 121 Å². The van der Waals surface area contributed by atoms with Crippen LogP contribution in [-0.4, -0.2) is 160 Å². The van der Waals surface area contributed by atoms with Crippen molar-refractivity contribution in [3.05, 3.63) is 95.6 Å². The molecule has 6 fully saturated rings. The molecule has 79 heavy (non-hydrogen) atoms. The predicted octanol–water partition coefficient (Wildman–Crippen LogP) is 8.63. The molecule has 0 spiro atoms. The van der Waals surface area contributed by atoms with Crippen LogP contribution in [0.2, 0.25) is 0 Å². The van der Waals surface area contributed by atoms with Crippen LogP contribution in [0.1, 0.15) is 116 Å². The number of aliphatic hydroxyl groups excluding tert-OH is 1. The zero-order valence-corrected chi connectivity index (χ0v) is 48.8. The fourth-order valence-electron chi connectivity index (χ4n) is 15.0. The van der Waals surface area contributed by atoms with E-state index >= 15 is 0 Å². The second-order valence-electron chi connectivity index (χ2n) is 23.9. The predicted molar refractivity (Wildman–Crippen MR) is 305 cm³/mol. The van der Waals surface area contributed by atoms with Crippen LogP contribution in [0.5, 0.6) is 0 Å². The second-order valence-corrected chi connectivity index (χ2v) is 26.6. The van der Waals surface area contributed by atoms with E-state index in [4.69, 9.17) is 44.6 Å². The summed E-state index contributed by atoms with van der Waals surface area (Å²) in [6.07, 6.45) is 20.3. The van der Waals surface area contributed by atoms with Crippen molar-refractivity contribution < 1.29 is 56.1 Å². The summed E-state index contributed by atoms with van der Waals surface area (Å²) in [5, 5.41) is 17.7. The molecule has 0 amide bonds. The molecule has 5 aliphatic heterocycles. The van der Waals surface area contributed by atoms with E-state index in [1.807, 2.05) is 11.8 Å². The van der Waals surface area contributed by atoms with E-state index in [2.05, 4.69) is 52.3 Å².